The summed E-state index contributed by atoms with van der Waals surface area (Å²) in [5.41, 5.74) is 0. The molecule has 0 aliphatic carbocycles. The van der Waals surface area contributed by atoms with E-state index in [4.69, 9.17) is 15.0 Å². The number of aromatic nitrogens is 3. The lowest BCUT2D eigenvalue weighted by Crippen LogP contribution is -2.41. The predicted octanol–water partition coefficient (Wildman–Crippen LogP) is 0.756. The van der Waals surface area contributed by atoms with Crippen molar-refractivity contribution in [2.75, 3.05) is 31.8 Å². The summed E-state index contributed by atoms with van der Waals surface area (Å²) in [4.78, 5) is 25.6. The zero-order valence-corrected chi connectivity index (χ0v) is 14.6. The van der Waals surface area contributed by atoms with Crippen molar-refractivity contribution < 1.29 is 18.7 Å². The number of amides is 1. The Morgan fingerprint density at radius 3 is 2.80 bits per heavy atom. The van der Waals surface area contributed by atoms with E-state index in [2.05, 4.69) is 10.2 Å². The highest BCUT2D eigenvalue weighted by atomic mass is 32.2. The lowest BCUT2D eigenvalue weighted by molar-refractivity contribution is -0.148. The summed E-state index contributed by atoms with van der Waals surface area (Å²) in [5, 5.41) is 8.41. The number of hydrogen-bond acceptors (Lipinski definition) is 8. The number of piperidine rings is 1. The quantitative estimate of drug-likeness (QED) is 0.469. The fourth-order valence-corrected chi connectivity index (χ4v) is 3.46. The maximum Gasteiger partial charge on any atom is 0.308 e. The van der Waals surface area contributed by atoms with Gasteiger partial charge in [-0.1, -0.05) is 11.8 Å². The van der Waals surface area contributed by atoms with E-state index in [-0.39, 0.29) is 23.5 Å². The van der Waals surface area contributed by atoms with Gasteiger partial charge in [0.1, 0.15) is 0 Å². The van der Waals surface area contributed by atoms with Gasteiger partial charge in [0.05, 0.1) is 25.0 Å². The third-order valence-corrected chi connectivity index (χ3v) is 5.04. The number of hydrogen-bond donors (Lipinski definition) is 1. The fourth-order valence-electron chi connectivity index (χ4n) is 2.70. The molecule has 3 rings (SSSR count). The molecule has 0 unspecified atom stereocenters. The van der Waals surface area contributed by atoms with Crippen LogP contribution in [-0.4, -0.2) is 57.6 Å². The average Bonchev–Trinajstić information content (AvgIpc) is 3.29. The van der Waals surface area contributed by atoms with Gasteiger partial charge in [-0.05, 0) is 25.0 Å². The predicted molar refractivity (Wildman–Crippen MR) is 89.9 cm³/mol. The van der Waals surface area contributed by atoms with Crippen LogP contribution in [0.25, 0.3) is 11.6 Å². The molecule has 0 bridgehead atoms. The summed E-state index contributed by atoms with van der Waals surface area (Å²) in [6.07, 6.45) is 2.77. The van der Waals surface area contributed by atoms with Gasteiger partial charge in [0.2, 0.25) is 16.9 Å². The van der Waals surface area contributed by atoms with Crippen LogP contribution in [-0.2, 0) is 14.3 Å². The number of methoxy groups -OCH3 is 1. The summed E-state index contributed by atoms with van der Waals surface area (Å²) in [6, 6.07) is 3.47. The van der Waals surface area contributed by atoms with Crippen LogP contribution in [0.15, 0.2) is 28.0 Å². The molecule has 9 nitrogen and oxygen atoms in total. The van der Waals surface area contributed by atoms with E-state index in [1.54, 1.807) is 17.0 Å². The molecule has 2 aromatic rings. The standard InChI is InChI=1S/C15H19N5O4S/c1-23-14(22)10-4-6-19(7-5-10)12(21)9-25-15-18-17-13(20(15)16)11-3-2-8-24-11/h2-3,8,10H,4-7,9,16H2,1H3. The van der Waals surface area contributed by atoms with Crippen molar-refractivity contribution in [3.05, 3.63) is 18.4 Å². The second-order valence-electron chi connectivity index (χ2n) is 5.62. The first kappa shape index (κ1) is 17.3. The molecule has 0 radical (unpaired) electrons. The van der Waals surface area contributed by atoms with Crippen LogP contribution in [0.2, 0.25) is 0 Å². The topological polar surface area (TPSA) is 116 Å². The number of thioether (sulfide) groups is 1. The van der Waals surface area contributed by atoms with E-state index >= 15 is 0 Å². The van der Waals surface area contributed by atoms with E-state index in [0.717, 1.165) is 0 Å². The molecule has 1 aliphatic rings. The van der Waals surface area contributed by atoms with Gasteiger partial charge < -0.3 is 19.9 Å². The van der Waals surface area contributed by atoms with Crippen LogP contribution in [0.1, 0.15) is 12.8 Å². The van der Waals surface area contributed by atoms with Crippen molar-refractivity contribution >= 4 is 23.6 Å². The van der Waals surface area contributed by atoms with E-state index in [9.17, 15) is 9.59 Å². The summed E-state index contributed by atoms with van der Waals surface area (Å²) in [5.74, 6) is 6.74. The third kappa shape index (κ3) is 3.78. The van der Waals surface area contributed by atoms with Gasteiger partial charge in [0.15, 0.2) is 5.76 Å². The molecular formula is C15H19N5O4S. The summed E-state index contributed by atoms with van der Waals surface area (Å²) in [6.45, 7) is 1.10. The molecule has 1 aliphatic heterocycles. The minimum Gasteiger partial charge on any atom is -0.469 e. The van der Waals surface area contributed by atoms with Gasteiger partial charge in [0, 0.05) is 13.1 Å². The van der Waals surface area contributed by atoms with Crippen molar-refractivity contribution in [1.29, 1.82) is 0 Å². The first-order valence-corrected chi connectivity index (χ1v) is 8.81. The van der Waals surface area contributed by atoms with Crippen LogP contribution in [0, 0.1) is 5.92 Å². The summed E-state index contributed by atoms with van der Waals surface area (Å²) < 4.78 is 11.3. The van der Waals surface area contributed by atoms with E-state index in [0.29, 0.717) is 42.7 Å². The van der Waals surface area contributed by atoms with Gasteiger partial charge >= 0.3 is 5.97 Å². The van der Waals surface area contributed by atoms with Gasteiger partial charge in [-0.3, -0.25) is 9.59 Å². The molecule has 2 aromatic heterocycles. The number of rotatable bonds is 5. The number of carbonyl (C=O) groups excluding carboxylic acids is 2. The number of nitrogens with zero attached hydrogens (tertiary/aromatic N) is 4. The molecule has 0 aromatic carbocycles. The number of esters is 1. The van der Waals surface area contributed by atoms with Crippen molar-refractivity contribution in [3.8, 4) is 11.6 Å². The van der Waals surface area contributed by atoms with Crippen LogP contribution < -0.4 is 5.84 Å². The maximum absolute atomic E-state index is 12.3. The Morgan fingerprint density at radius 1 is 1.40 bits per heavy atom. The van der Waals surface area contributed by atoms with Crippen LogP contribution in [0.4, 0.5) is 0 Å². The zero-order valence-electron chi connectivity index (χ0n) is 13.8. The van der Waals surface area contributed by atoms with Crippen molar-refractivity contribution in [2.24, 2.45) is 5.92 Å². The maximum atomic E-state index is 12.3. The summed E-state index contributed by atoms with van der Waals surface area (Å²) >= 11 is 1.22. The molecule has 1 fully saturated rings. The van der Waals surface area contributed by atoms with Crippen molar-refractivity contribution in [1.82, 2.24) is 19.8 Å². The monoisotopic (exact) mass is 365 g/mol. The normalized spacial score (nSPS) is 15.3. The largest absolute Gasteiger partial charge is 0.469 e. The van der Waals surface area contributed by atoms with Crippen LogP contribution in [0.5, 0.6) is 0 Å². The molecule has 0 spiro atoms. The number of ether oxygens (including phenoxy) is 1. The highest BCUT2D eigenvalue weighted by Gasteiger charge is 2.28. The van der Waals surface area contributed by atoms with Crippen LogP contribution in [0.3, 0.4) is 0 Å². The Balaban J connectivity index is 1.53. The van der Waals surface area contributed by atoms with Gasteiger partial charge in [-0.15, -0.1) is 10.2 Å². The smallest absolute Gasteiger partial charge is 0.308 e. The number of nitrogen functional groups attached to an aromatic ring is 1. The van der Waals surface area contributed by atoms with Gasteiger partial charge in [-0.2, -0.15) is 0 Å². The Kier molecular flexibility index (Phi) is 5.27. The Morgan fingerprint density at radius 2 is 2.16 bits per heavy atom. The molecule has 1 saturated heterocycles. The molecule has 3 heterocycles. The molecule has 0 saturated carbocycles. The lowest BCUT2D eigenvalue weighted by Gasteiger charge is -2.30. The Labute approximate surface area is 148 Å². The Hall–Kier alpha value is -2.49. The van der Waals surface area contributed by atoms with Gasteiger partial charge in [-0.25, -0.2) is 4.68 Å². The number of furan rings is 1. The molecule has 134 valence electrons. The zero-order chi connectivity index (χ0) is 17.8. The lowest BCUT2D eigenvalue weighted by atomic mass is 9.97. The van der Waals surface area contributed by atoms with Crippen molar-refractivity contribution in [3.63, 3.8) is 0 Å². The Bertz CT molecular complexity index is 737. The molecule has 10 heteroatoms. The SMILES string of the molecule is COC(=O)C1CCN(C(=O)CSc2nnc(-c3ccco3)n2N)CC1. The second kappa shape index (κ2) is 7.60. The third-order valence-electron chi connectivity index (χ3n) is 4.11. The molecule has 0 atom stereocenters. The highest BCUT2D eigenvalue weighted by Crippen LogP contribution is 2.23. The van der Waals surface area contributed by atoms with E-state index < -0.39 is 0 Å². The van der Waals surface area contributed by atoms with Crippen LogP contribution >= 0.6 is 11.8 Å². The number of likely N-dealkylation sites (tertiary alicyclic amines) is 1. The molecule has 2 N–H and O–H groups in total. The average molecular weight is 365 g/mol. The first-order chi connectivity index (χ1) is 12.1. The molecular weight excluding hydrogens is 346 g/mol. The molecule has 25 heavy (non-hydrogen) atoms. The van der Waals surface area contributed by atoms with Gasteiger partial charge in [0.25, 0.3) is 0 Å². The van der Waals surface area contributed by atoms with Crippen molar-refractivity contribution in [2.45, 2.75) is 18.0 Å². The number of nitrogens with two attached hydrogens (primary N) is 1. The molecule has 1 amide bonds. The second-order valence-corrected chi connectivity index (χ2v) is 6.56. The van der Waals surface area contributed by atoms with E-state index in [1.165, 1.54) is 29.8 Å². The number of carbonyl (C=O) groups is 2. The van der Waals surface area contributed by atoms with E-state index in [1.807, 2.05) is 0 Å². The minimum absolute atomic E-state index is 0.0177. The fraction of sp³-hybridized carbons (Fsp3) is 0.467. The highest BCUT2D eigenvalue weighted by molar-refractivity contribution is 7.99. The first-order valence-electron chi connectivity index (χ1n) is 7.83. The minimum atomic E-state index is -0.205. The summed E-state index contributed by atoms with van der Waals surface area (Å²) in [7, 11) is 1.39.